The highest BCUT2D eigenvalue weighted by Crippen LogP contribution is 2.39. The maximum absolute atomic E-state index is 14.0. The van der Waals surface area contributed by atoms with Crippen LogP contribution in [0.15, 0.2) is 45.6 Å². The fraction of sp³-hybridized carbons (Fsp3) is 0.545. The highest BCUT2D eigenvalue weighted by atomic mass is 16.7. The van der Waals surface area contributed by atoms with E-state index in [0.29, 0.717) is 0 Å². The third kappa shape index (κ3) is 6.98. The van der Waals surface area contributed by atoms with Crippen LogP contribution < -0.4 is 14.9 Å². The lowest BCUT2D eigenvalue weighted by Gasteiger charge is -2.45. The number of hydrogen-bond acceptors (Lipinski definition) is 18. The molecular weight excluding hydrogens is 684 g/mol. The van der Waals surface area contributed by atoms with E-state index in [9.17, 15) is 55.9 Å². The molecule has 0 saturated carbocycles. The Kier molecular flexibility index (Phi) is 10.5. The summed E-state index contributed by atoms with van der Waals surface area (Å²) in [4.78, 5) is 14.0. The molecule has 0 amide bonds. The number of hydrogen-bond donors (Lipinski definition) is 10. The quantitative estimate of drug-likeness (QED) is 0.128. The molecule has 280 valence electrons. The molecule has 18 nitrogen and oxygen atoms in total. The van der Waals surface area contributed by atoms with Gasteiger partial charge in [-0.15, -0.1) is 0 Å². The van der Waals surface area contributed by atoms with Gasteiger partial charge in [0, 0.05) is 17.7 Å². The van der Waals surface area contributed by atoms with E-state index >= 15 is 0 Å². The summed E-state index contributed by atoms with van der Waals surface area (Å²) in [6.07, 6.45) is -22.2. The van der Waals surface area contributed by atoms with Crippen molar-refractivity contribution in [3.05, 3.63) is 46.6 Å². The Morgan fingerprint density at radius 2 is 1.14 bits per heavy atom. The minimum atomic E-state index is -1.90. The zero-order chi connectivity index (χ0) is 37.0. The Labute approximate surface area is 288 Å². The topological polar surface area (TPSA) is 288 Å². The molecule has 15 atom stereocenters. The average Bonchev–Trinajstić information content (AvgIpc) is 3.09. The van der Waals surface area contributed by atoms with Crippen LogP contribution in [0.2, 0.25) is 0 Å². The maximum atomic E-state index is 14.0. The molecule has 3 saturated heterocycles. The molecule has 3 fully saturated rings. The van der Waals surface area contributed by atoms with E-state index in [1.54, 1.807) is 0 Å². The van der Waals surface area contributed by atoms with Crippen LogP contribution in [0.5, 0.6) is 23.0 Å². The van der Waals surface area contributed by atoms with Crippen LogP contribution in [0.25, 0.3) is 22.3 Å². The van der Waals surface area contributed by atoms with E-state index in [1.165, 1.54) is 51.1 Å². The summed E-state index contributed by atoms with van der Waals surface area (Å²) in [7, 11) is 0. The van der Waals surface area contributed by atoms with Crippen molar-refractivity contribution in [1.29, 1.82) is 0 Å². The molecule has 10 N–H and O–H groups in total. The standard InChI is InChI=1S/C33H40O18/c1-10-19(36)22(39)25(42)31(45-10)48-15-8-16(35)18-17(9-15)49-29(13-4-6-14(34)7-5-13)30(21(18)38)51-33-27(44)24(41)28(12(3)47-33)50-32-26(43)23(40)20(37)11(2)46-32/h4-12,19-20,22-28,31-37,39-44H,1-3H3/t10-,11-,12-,19-,20-,22-,23-,24-,25+,26+,27-,28-,31-,32-,33-/m0/s1. The molecule has 0 aliphatic carbocycles. The van der Waals surface area contributed by atoms with Gasteiger partial charge in [-0.25, -0.2) is 0 Å². The van der Waals surface area contributed by atoms with Crippen molar-refractivity contribution >= 4 is 11.0 Å². The highest BCUT2D eigenvalue weighted by Gasteiger charge is 2.50. The molecule has 1 aromatic heterocycles. The fourth-order valence-electron chi connectivity index (χ4n) is 6.17. The number of rotatable bonds is 7. The van der Waals surface area contributed by atoms with Gasteiger partial charge in [-0.05, 0) is 45.0 Å². The van der Waals surface area contributed by atoms with Gasteiger partial charge < -0.3 is 83.9 Å². The van der Waals surface area contributed by atoms with Gasteiger partial charge in [0.25, 0.3) is 0 Å². The normalized spacial score (nSPS) is 38.8. The molecule has 4 heterocycles. The van der Waals surface area contributed by atoms with E-state index in [-0.39, 0.29) is 28.4 Å². The minimum Gasteiger partial charge on any atom is -0.508 e. The third-order valence-corrected chi connectivity index (χ3v) is 9.21. The summed E-state index contributed by atoms with van der Waals surface area (Å²) >= 11 is 0. The first-order valence-corrected chi connectivity index (χ1v) is 16.1. The van der Waals surface area contributed by atoms with Crippen LogP contribution >= 0.6 is 0 Å². The van der Waals surface area contributed by atoms with Crippen molar-refractivity contribution in [2.24, 2.45) is 0 Å². The lowest BCUT2D eigenvalue weighted by atomic mass is 9.97. The molecule has 51 heavy (non-hydrogen) atoms. The number of aliphatic hydroxyl groups is 8. The molecule has 0 radical (unpaired) electrons. The predicted molar refractivity (Wildman–Crippen MR) is 168 cm³/mol. The molecule has 0 bridgehead atoms. The Morgan fingerprint density at radius 1 is 0.608 bits per heavy atom. The zero-order valence-corrected chi connectivity index (χ0v) is 27.4. The fourth-order valence-corrected chi connectivity index (χ4v) is 6.17. The Bertz CT molecular complexity index is 1750. The van der Waals surface area contributed by atoms with Crippen molar-refractivity contribution in [3.8, 4) is 34.3 Å². The second kappa shape index (κ2) is 14.4. The smallest absolute Gasteiger partial charge is 0.239 e. The van der Waals surface area contributed by atoms with Crippen molar-refractivity contribution in [2.75, 3.05) is 0 Å². The van der Waals surface area contributed by atoms with E-state index < -0.39 is 114 Å². The van der Waals surface area contributed by atoms with Crippen LogP contribution in [0.3, 0.4) is 0 Å². The first kappa shape index (κ1) is 37.1. The molecule has 3 aromatic rings. The summed E-state index contributed by atoms with van der Waals surface area (Å²) in [5.41, 5.74) is -1.02. The third-order valence-electron chi connectivity index (χ3n) is 9.21. The van der Waals surface area contributed by atoms with Crippen molar-refractivity contribution < 1.29 is 83.9 Å². The summed E-state index contributed by atoms with van der Waals surface area (Å²) in [5, 5.41) is 104. The Balaban J connectivity index is 1.31. The van der Waals surface area contributed by atoms with Gasteiger partial charge in [0.2, 0.25) is 23.8 Å². The zero-order valence-electron chi connectivity index (χ0n) is 27.4. The lowest BCUT2D eigenvalue weighted by molar-refractivity contribution is -0.345. The highest BCUT2D eigenvalue weighted by molar-refractivity contribution is 5.88. The van der Waals surface area contributed by atoms with E-state index in [2.05, 4.69) is 0 Å². The van der Waals surface area contributed by atoms with E-state index in [0.717, 1.165) is 6.07 Å². The summed E-state index contributed by atoms with van der Waals surface area (Å²) < 4.78 is 39.9. The Morgan fingerprint density at radius 3 is 1.76 bits per heavy atom. The van der Waals surface area contributed by atoms with Crippen LogP contribution in [-0.2, 0) is 18.9 Å². The second-order valence-corrected chi connectivity index (χ2v) is 12.8. The first-order valence-electron chi connectivity index (χ1n) is 16.1. The monoisotopic (exact) mass is 724 g/mol. The maximum Gasteiger partial charge on any atom is 0.239 e. The van der Waals surface area contributed by atoms with E-state index in [1.807, 2.05) is 0 Å². The number of fused-ring (bicyclic) bond motifs is 1. The Hall–Kier alpha value is -3.63. The molecule has 0 unspecified atom stereocenters. The number of phenolic OH excluding ortho intramolecular Hbond substituents is 2. The molecule has 2 aromatic carbocycles. The van der Waals surface area contributed by atoms with Gasteiger partial charge in [-0.1, -0.05) is 0 Å². The van der Waals surface area contributed by atoms with Crippen molar-refractivity contribution in [2.45, 2.75) is 113 Å². The molecule has 3 aliphatic rings. The average molecular weight is 725 g/mol. The van der Waals surface area contributed by atoms with Gasteiger partial charge in [0.1, 0.15) is 83.2 Å². The van der Waals surface area contributed by atoms with Gasteiger partial charge in [0.15, 0.2) is 12.1 Å². The van der Waals surface area contributed by atoms with E-state index in [4.69, 9.17) is 32.8 Å². The van der Waals surface area contributed by atoms with Crippen LogP contribution in [-0.4, -0.2) is 143 Å². The lowest BCUT2D eigenvalue weighted by Crippen LogP contribution is -2.63. The molecule has 3 aliphatic heterocycles. The SMILES string of the molecule is C[C@@H]1O[C@@H](Oc2cc(O)c3c(=O)c(O[C@@H]4O[C@@H](C)[C@H](O[C@@H]5O[C@@H](C)[C@H](O)[C@H](O)[C@H]5O)[C@@H](O)[C@@H]4O)c(-c4ccc(O)cc4)oc3c2)[C@H](O)[C@@H](O)[C@H]1O. The van der Waals surface area contributed by atoms with Gasteiger partial charge in [-0.3, -0.25) is 4.79 Å². The van der Waals surface area contributed by atoms with Gasteiger partial charge >= 0.3 is 0 Å². The number of phenols is 2. The second-order valence-electron chi connectivity index (χ2n) is 12.8. The first-order chi connectivity index (χ1) is 24.1. The van der Waals surface area contributed by atoms with Gasteiger partial charge in [0.05, 0.1) is 18.3 Å². The van der Waals surface area contributed by atoms with Crippen LogP contribution in [0, 0.1) is 0 Å². The summed E-state index contributed by atoms with van der Waals surface area (Å²) in [5.74, 6) is -1.79. The molecular formula is C33H40O18. The summed E-state index contributed by atoms with van der Waals surface area (Å²) in [6, 6.07) is 7.56. The molecule has 6 rings (SSSR count). The predicted octanol–water partition coefficient (Wildman–Crippen LogP) is -1.86. The van der Waals surface area contributed by atoms with Crippen molar-refractivity contribution in [1.82, 2.24) is 0 Å². The summed E-state index contributed by atoms with van der Waals surface area (Å²) in [6.45, 7) is 4.32. The van der Waals surface area contributed by atoms with Crippen LogP contribution in [0.1, 0.15) is 20.8 Å². The van der Waals surface area contributed by atoms with Crippen molar-refractivity contribution in [3.63, 3.8) is 0 Å². The number of aliphatic hydroxyl groups excluding tert-OH is 8. The molecule has 18 heteroatoms. The minimum absolute atomic E-state index is 0.122. The van der Waals surface area contributed by atoms with Crippen LogP contribution in [0.4, 0.5) is 0 Å². The largest absolute Gasteiger partial charge is 0.508 e. The number of aromatic hydroxyl groups is 2. The van der Waals surface area contributed by atoms with Gasteiger partial charge in [-0.2, -0.15) is 0 Å². The number of benzene rings is 2. The molecule has 0 spiro atoms. The number of ether oxygens (including phenoxy) is 6.